The molecule has 2 aliphatic heterocycles. The van der Waals surface area contributed by atoms with Gasteiger partial charge in [0.15, 0.2) is 0 Å². The van der Waals surface area contributed by atoms with Gasteiger partial charge in [-0.25, -0.2) is 0 Å². The Morgan fingerprint density at radius 1 is 1.10 bits per heavy atom. The van der Waals surface area contributed by atoms with Crippen molar-refractivity contribution in [1.82, 2.24) is 0 Å². The Bertz CT molecular complexity index is 682. The van der Waals surface area contributed by atoms with E-state index in [1.807, 2.05) is 54.3 Å². The first-order valence-electron chi connectivity index (χ1n) is 6.99. The highest BCUT2D eigenvalue weighted by molar-refractivity contribution is 6.05. The maximum Gasteiger partial charge on any atom is 0.232 e. The van der Waals surface area contributed by atoms with Crippen LogP contribution in [0.1, 0.15) is 18.9 Å². The number of fused-ring (bicyclic) bond motifs is 3. The molecule has 1 amide bonds. The van der Waals surface area contributed by atoms with Gasteiger partial charge in [-0.2, -0.15) is 0 Å². The molecule has 20 heavy (non-hydrogen) atoms. The summed E-state index contributed by atoms with van der Waals surface area (Å²) in [6.07, 6.45) is 0.796. The van der Waals surface area contributed by atoms with Gasteiger partial charge in [0.25, 0.3) is 0 Å². The van der Waals surface area contributed by atoms with E-state index in [0.29, 0.717) is 0 Å². The van der Waals surface area contributed by atoms with E-state index in [9.17, 15) is 4.79 Å². The maximum absolute atomic E-state index is 12.6. The van der Waals surface area contributed by atoms with E-state index < -0.39 is 5.66 Å². The molecule has 0 aliphatic carbocycles. The fourth-order valence-corrected chi connectivity index (χ4v) is 3.49. The van der Waals surface area contributed by atoms with Crippen LogP contribution in [0.2, 0.25) is 0 Å². The van der Waals surface area contributed by atoms with E-state index in [1.54, 1.807) is 0 Å². The van der Waals surface area contributed by atoms with E-state index >= 15 is 0 Å². The average molecular weight is 264 g/mol. The van der Waals surface area contributed by atoms with Gasteiger partial charge in [-0.3, -0.25) is 9.69 Å². The maximum atomic E-state index is 12.6. The molecule has 1 saturated heterocycles. The Morgan fingerprint density at radius 3 is 2.60 bits per heavy atom. The molecule has 2 aliphatic rings. The Labute approximate surface area is 118 Å². The quantitative estimate of drug-likeness (QED) is 0.856. The van der Waals surface area contributed by atoms with Gasteiger partial charge in [0.2, 0.25) is 5.91 Å². The standard InChI is InChI=1S/C17H16N2O/c1-12-11-17(13-7-3-2-4-8-13)18-14-9-5-6-10-15(14)19(17)16(12)20/h2-10,12,18H,11H2,1H3/t12-,17-/m1/s1. The molecular weight excluding hydrogens is 248 g/mol. The van der Waals surface area contributed by atoms with Crippen LogP contribution in [0.25, 0.3) is 0 Å². The molecule has 0 aromatic heterocycles. The summed E-state index contributed by atoms with van der Waals surface area (Å²) in [4.78, 5) is 14.6. The molecule has 2 heterocycles. The third-order valence-electron chi connectivity index (χ3n) is 4.36. The molecule has 100 valence electrons. The first-order valence-corrected chi connectivity index (χ1v) is 6.99. The van der Waals surface area contributed by atoms with E-state index in [2.05, 4.69) is 17.4 Å². The van der Waals surface area contributed by atoms with Crippen molar-refractivity contribution in [3.8, 4) is 0 Å². The molecule has 0 bridgehead atoms. The number of rotatable bonds is 1. The highest BCUT2D eigenvalue weighted by Gasteiger charge is 2.55. The Kier molecular flexibility index (Phi) is 2.22. The molecule has 0 saturated carbocycles. The second-order valence-electron chi connectivity index (χ2n) is 5.65. The lowest BCUT2D eigenvalue weighted by Crippen LogP contribution is -2.44. The van der Waals surface area contributed by atoms with Crippen molar-refractivity contribution >= 4 is 17.3 Å². The third kappa shape index (κ3) is 1.32. The van der Waals surface area contributed by atoms with Crippen LogP contribution in [0.3, 0.4) is 0 Å². The van der Waals surface area contributed by atoms with Gasteiger partial charge >= 0.3 is 0 Å². The number of benzene rings is 2. The van der Waals surface area contributed by atoms with E-state index in [0.717, 1.165) is 23.4 Å². The summed E-state index contributed by atoms with van der Waals surface area (Å²) in [5, 5.41) is 3.59. The van der Waals surface area contributed by atoms with Crippen LogP contribution in [0.4, 0.5) is 11.4 Å². The number of hydrogen-bond acceptors (Lipinski definition) is 2. The SMILES string of the molecule is C[C@@H]1C[C@@]2(c3ccccc3)Nc3ccccc3N2C1=O. The predicted octanol–water partition coefficient (Wildman–Crippen LogP) is 3.34. The number of para-hydroxylation sites is 2. The minimum Gasteiger partial charge on any atom is -0.357 e. The van der Waals surface area contributed by atoms with Crippen LogP contribution in [-0.4, -0.2) is 5.91 Å². The smallest absolute Gasteiger partial charge is 0.232 e. The minimum absolute atomic E-state index is 0.0380. The van der Waals surface area contributed by atoms with Gasteiger partial charge in [-0.1, -0.05) is 49.4 Å². The van der Waals surface area contributed by atoms with Crippen molar-refractivity contribution in [2.75, 3.05) is 10.2 Å². The van der Waals surface area contributed by atoms with Crippen molar-refractivity contribution in [3.63, 3.8) is 0 Å². The van der Waals surface area contributed by atoms with Crippen molar-refractivity contribution < 1.29 is 4.79 Å². The molecular formula is C17H16N2O. The topological polar surface area (TPSA) is 32.3 Å². The number of nitrogens with zero attached hydrogens (tertiary/aromatic N) is 1. The van der Waals surface area contributed by atoms with Crippen molar-refractivity contribution in [2.45, 2.75) is 19.0 Å². The molecule has 0 spiro atoms. The minimum atomic E-state index is -0.415. The molecule has 2 atom stereocenters. The average Bonchev–Trinajstić information content (AvgIpc) is 2.93. The number of hydrogen-bond donors (Lipinski definition) is 1. The lowest BCUT2D eigenvalue weighted by Gasteiger charge is -2.32. The molecule has 3 heteroatoms. The molecule has 3 nitrogen and oxygen atoms in total. The van der Waals surface area contributed by atoms with Crippen LogP contribution >= 0.6 is 0 Å². The number of amides is 1. The summed E-state index contributed by atoms with van der Waals surface area (Å²) in [6, 6.07) is 18.3. The number of nitrogens with one attached hydrogen (secondary N) is 1. The lowest BCUT2D eigenvalue weighted by molar-refractivity contribution is -0.120. The normalized spacial score (nSPS) is 27.1. The summed E-state index contributed by atoms with van der Waals surface area (Å²) < 4.78 is 0. The Hall–Kier alpha value is -2.29. The van der Waals surface area contributed by atoms with Crippen molar-refractivity contribution in [3.05, 3.63) is 60.2 Å². The third-order valence-corrected chi connectivity index (χ3v) is 4.36. The summed E-state index contributed by atoms with van der Waals surface area (Å²) in [6.45, 7) is 2.01. The monoisotopic (exact) mass is 264 g/mol. The molecule has 1 N–H and O–H groups in total. The summed E-state index contributed by atoms with van der Waals surface area (Å²) in [5.74, 6) is 0.238. The van der Waals surface area contributed by atoms with E-state index in [-0.39, 0.29) is 11.8 Å². The van der Waals surface area contributed by atoms with Gasteiger partial charge in [0.1, 0.15) is 5.66 Å². The van der Waals surface area contributed by atoms with Crippen molar-refractivity contribution in [2.24, 2.45) is 5.92 Å². The van der Waals surface area contributed by atoms with Crippen molar-refractivity contribution in [1.29, 1.82) is 0 Å². The van der Waals surface area contributed by atoms with Gasteiger partial charge in [-0.05, 0) is 17.7 Å². The second kappa shape index (κ2) is 3.85. The summed E-state index contributed by atoms with van der Waals surface area (Å²) in [7, 11) is 0. The predicted molar refractivity (Wildman–Crippen MR) is 79.5 cm³/mol. The first-order chi connectivity index (χ1) is 9.72. The second-order valence-corrected chi connectivity index (χ2v) is 5.65. The first kappa shape index (κ1) is 11.5. The molecule has 0 unspecified atom stereocenters. The molecule has 2 aromatic carbocycles. The lowest BCUT2D eigenvalue weighted by atomic mass is 9.94. The summed E-state index contributed by atoms with van der Waals surface area (Å²) >= 11 is 0. The molecule has 0 radical (unpaired) electrons. The fourth-order valence-electron chi connectivity index (χ4n) is 3.49. The molecule has 2 aromatic rings. The number of carbonyl (C=O) groups excluding carboxylic acids is 1. The summed E-state index contributed by atoms with van der Waals surface area (Å²) in [5.41, 5.74) is 2.76. The zero-order chi connectivity index (χ0) is 13.7. The van der Waals surface area contributed by atoms with Crippen LogP contribution < -0.4 is 10.2 Å². The Balaban J connectivity index is 1.94. The number of anilines is 2. The van der Waals surface area contributed by atoms with Gasteiger partial charge in [-0.15, -0.1) is 0 Å². The fraction of sp³-hybridized carbons (Fsp3) is 0.235. The van der Waals surface area contributed by atoms with E-state index in [1.165, 1.54) is 0 Å². The van der Waals surface area contributed by atoms with Gasteiger partial charge in [0.05, 0.1) is 11.4 Å². The van der Waals surface area contributed by atoms with Crippen LogP contribution in [0.15, 0.2) is 54.6 Å². The van der Waals surface area contributed by atoms with Gasteiger partial charge < -0.3 is 5.32 Å². The largest absolute Gasteiger partial charge is 0.357 e. The molecule has 1 fully saturated rings. The highest BCUT2D eigenvalue weighted by Crippen LogP contribution is 2.52. The van der Waals surface area contributed by atoms with Crippen LogP contribution in [0.5, 0.6) is 0 Å². The van der Waals surface area contributed by atoms with Crippen LogP contribution in [0, 0.1) is 5.92 Å². The number of carbonyl (C=O) groups is 1. The highest BCUT2D eigenvalue weighted by atomic mass is 16.2. The Morgan fingerprint density at radius 2 is 1.80 bits per heavy atom. The zero-order valence-electron chi connectivity index (χ0n) is 11.3. The van der Waals surface area contributed by atoms with Crippen LogP contribution in [-0.2, 0) is 10.5 Å². The van der Waals surface area contributed by atoms with E-state index in [4.69, 9.17) is 0 Å². The van der Waals surface area contributed by atoms with Gasteiger partial charge in [0, 0.05) is 12.3 Å². The zero-order valence-corrected chi connectivity index (χ0v) is 11.3. The molecule has 4 rings (SSSR count).